The summed E-state index contributed by atoms with van der Waals surface area (Å²) in [6, 6.07) is 6.62. The lowest BCUT2D eigenvalue weighted by molar-refractivity contribution is -0.142. The van der Waals surface area contributed by atoms with E-state index in [0.29, 0.717) is 5.75 Å². The number of carbonyl (C=O) groups is 2. The van der Waals surface area contributed by atoms with Gasteiger partial charge in [0, 0.05) is 10.2 Å². The van der Waals surface area contributed by atoms with Crippen molar-refractivity contribution in [2.75, 3.05) is 5.75 Å². The highest BCUT2D eigenvalue weighted by atomic mass is 79.9. The maximum absolute atomic E-state index is 12.4. The Morgan fingerprint density at radius 2 is 1.91 bits per heavy atom. The van der Waals surface area contributed by atoms with Gasteiger partial charge in [0.1, 0.15) is 17.0 Å². The van der Waals surface area contributed by atoms with Crippen molar-refractivity contribution in [1.82, 2.24) is 4.90 Å². The van der Waals surface area contributed by atoms with Crippen molar-refractivity contribution in [3.8, 4) is 0 Å². The summed E-state index contributed by atoms with van der Waals surface area (Å²) in [6.45, 7) is 5.29. The molecule has 7 heteroatoms. The van der Waals surface area contributed by atoms with Crippen molar-refractivity contribution in [3.05, 3.63) is 34.3 Å². The second-order valence-corrected chi connectivity index (χ2v) is 8.01. The lowest BCUT2D eigenvalue weighted by Gasteiger charge is -2.30. The first-order chi connectivity index (χ1) is 10.2. The van der Waals surface area contributed by atoms with Crippen LogP contribution in [0.15, 0.2) is 28.7 Å². The van der Waals surface area contributed by atoms with E-state index in [4.69, 9.17) is 4.74 Å². The molecule has 1 amide bonds. The lowest BCUT2D eigenvalue weighted by Crippen LogP contribution is -2.45. The molecule has 2 atom stereocenters. The molecule has 0 radical (unpaired) electrons. The number of carboxylic acids is 1. The van der Waals surface area contributed by atoms with Crippen LogP contribution < -0.4 is 0 Å². The predicted octanol–water partition coefficient (Wildman–Crippen LogP) is 3.88. The number of hydrogen-bond acceptors (Lipinski definition) is 4. The maximum Gasteiger partial charge on any atom is 0.412 e. The topological polar surface area (TPSA) is 66.8 Å². The zero-order valence-corrected chi connectivity index (χ0v) is 15.0. The van der Waals surface area contributed by atoms with Gasteiger partial charge in [-0.1, -0.05) is 28.1 Å². The van der Waals surface area contributed by atoms with Crippen molar-refractivity contribution in [2.24, 2.45) is 0 Å². The highest BCUT2D eigenvalue weighted by Gasteiger charge is 2.44. The number of halogens is 1. The van der Waals surface area contributed by atoms with Crippen molar-refractivity contribution in [1.29, 1.82) is 0 Å². The van der Waals surface area contributed by atoms with Crippen LogP contribution in [0.25, 0.3) is 0 Å². The second-order valence-electron chi connectivity index (χ2n) is 5.98. The van der Waals surface area contributed by atoms with Gasteiger partial charge >= 0.3 is 12.1 Å². The van der Waals surface area contributed by atoms with Crippen LogP contribution in [-0.4, -0.2) is 39.5 Å². The van der Waals surface area contributed by atoms with E-state index >= 15 is 0 Å². The van der Waals surface area contributed by atoms with Gasteiger partial charge in [-0.05, 0) is 38.5 Å². The molecule has 0 aliphatic carbocycles. The van der Waals surface area contributed by atoms with Crippen LogP contribution in [-0.2, 0) is 9.53 Å². The van der Waals surface area contributed by atoms with Gasteiger partial charge in [0.05, 0.1) is 0 Å². The van der Waals surface area contributed by atoms with Crippen LogP contribution >= 0.6 is 27.7 Å². The molecule has 1 N–H and O–H groups in total. The number of amides is 1. The van der Waals surface area contributed by atoms with Crippen LogP contribution in [0.5, 0.6) is 0 Å². The summed E-state index contributed by atoms with van der Waals surface area (Å²) in [4.78, 5) is 25.2. The molecule has 120 valence electrons. The van der Waals surface area contributed by atoms with Crippen LogP contribution in [0, 0.1) is 0 Å². The number of ether oxygens (including phenoxy) is 1. The molecule has 0 saturated carbocycles. The zero-order chi connectivity index (χ0) is 16.5. The maximum atomic E-state index is 12.4. The first-order valence-electron chi connectivity index (χ1n) is 6.80. The van der Waals surface area contributed by atoms with E-state index in [1.54, 1.807) is 20.8 Å². The number of benzene rings is 1. The molecule has 0 bridgehead atoms. The van der Waals surface area contributed by atoms with Crippen molar-refractivity contribution >= 4 is 39.8 Å². The van der Waals surface area contributed by atoms with E-state index in [1.807, 2.05) is 24.3 Å². The molecule has 0 aromatic heterocycles. The Hall–Kier alpha value is -1.21. The molecule has 2 unspecified atom stereocenters. The molecule has 0 spiro atoms. The highest BCUT2D eigenvalue weighted by molar-refractivity contribution is 9.10. The molecule has 1 aromatic rings. The van der Waals surface area contributed by atoms with Crippen LogP contribution in [0.4, 0.5) is 4.79 Å². The molecule has 22 heavy (non-hydrogen) atoms. The summed E-state index contributed by atoms with van der Waals surface area (Å²) in [6.07, 6.45) is -0.599. The molecule has 1 heterocycles. The summed E-state index contributed by atoms with van der Waals surface area (Å²) >= 11 is 4.80. The van der Waals surface area contributed by atoms with Gasteiger partial charge in [-0.2, -0.15) is 0 Å². The molecule has 1 aliphatic rings. The van der Waals surface area contributed by atoms with Crippen LogP contribution in [0.1, 0.15) is 31.7 Å². The number of thioether (sulfide) groups is 1. The van der Waals surface area contributed by atoms with E-state index < -0.39 is 23.7 Å². The molecule has 5 nitrogen and oxygen atoms in total. The van der Waals surface area contributed by atoms with Crippen molar-refractivity contribution in [2.45, 2.75) is 37.8 Å². The van der Waals surface area contributed by atoms with E-state index in [1.165, 1.54) is 16.7 Å². The fourth-order valence-electron chi connectivity index (χ4n) is 2.12. The molecule has 1 fully saturated rings. The number of hydrogen-bond donors (Lipinski definition) is 1. The Balaban J connectivity index is 2.30. The Bertz CT molecular complexity index is 570. The van der Waals surface area contributed by atoms with E-state index in [9.17, 15) is 14.7 Å². The van der Waals surface area contributed by atoms with Crippen LogP contribution in [0.3, 0.4) is 0 Å². The minimum atomic E-state index is -1.02. The van der Waals surface area contributed by atoms with Gasteiger partial charge in [0.15, 0.2) is 0 Å². The molecule has 1 aliphatic heterocycles. The lowest BCUT2D eigenvalue weighted by atomic mass is 10.2. The summed E-state index contributed by atoms with van der Waals surface area (Å²) in [5, 5.41) is 9.01. The van der Waals surface area contributed by atoms with Gasteiger partial charge < -0.3 is 9.84 Å². The molecular formula is C15H18BrNO4S. The number of rotatable bonds is 2. The minimum absolute atomic E-state index is 0.343. The third-order valence-electron chi connectivity index (χ3n) is 3.04. The van der Waals surface area contributed by atoms with Gasteiger partial charge in [-0.25, -0.2) is 9.59 Å². The Morgan fingerprint density at radius 1 is 1.32 bits per heavy atom. The summed E-state index contributed by atoms with van der Waals surface area (Å²) in [5.41, 5.74) is 0.209. The number of nitrogens with zero attached hydrogens (tertiary/aromatic N) is 1. The number of carboxylic acid groups (broad SMARTS) is 1. The van der Waals surface area contributed by atoms with Crippen molar-refractivity contribution < 1.29 is 19.4 Å². The highest BCUT2D eigenvalue weighted by Crippen LogP contribution is 2.42. The van der Waals surface area contributed by atoms with E-state index in [0.717, 1.165) is 10.0 Å². The summed E-state index contributed by atoms with van der Waals surface area (Å²) < 4.78 is 6.31. The van der Waals surface area contributed by atoms with Gasteiger partial charge in [0.25, 0.3) is 0 Å². The summed E-state index contributed by atoms with van der Waals surface area (Å²) in [7, 11) is 0. The molecule has 2 rings (SSSR count). The average Bonchev–Trinajstić information content (AvgIpc) is 2.82. The third kappa shape index (κ3) is 3.95. The average molecular weight is 388 g/mol. The molecule has 1 saturated heterocycles. The van der Waals surface area contributed by atoms with Gasteiger partial charge in [-0.3, -0.25) is 4.90 Å². The fraction of sp³-hybridized carbons (Fsp3) is 0.467. The van der Waals surface area contributed by atoms with Gasteiger partial charge in [0.2, 0.25) is 0 Å². The Kier molecular flexibility index (Phi) is 5.07. The summed E-state index contributed by atoms with van der Waals surface area (Å²) in [5.74, 6) is -0.673. The third-order valence-corrected chi connectivity index (χ3v) is 4.90. The zero-order valence-electron chi connectivity index (χ0n) is 12.6. The largest absolute Gasteiger partial charge is 0.480 e. The second kappa shape index (κ2) is 6.50. The number of aliphatic carboxylic acids is 1. The van der Waals surface area contributed by atoms with Crippen molar-refractivity contribution in [3.63, 3.8) is 0 Å². The van der Waals surface area contributed by atoms with Gasteiger partial charge in [-0.15, -0.1) is 11.8 Å². The predicted molar refractivity (Wildman–Crippen MR) is 88.8 cm³/mol. The Morgan fingerprint density at radius 3 is 2.41 bits per heavy atom. The quantitative estimate of drug-likeness (QED) is 0.833. The normalized spacial score (nSPS) is 21.7. The van der Waals surface area contributed by atoms with E-state index in [-0.39, 0.29) is 5.37 Å². The SMILES string of the molecule is CC(C)(C)OC(=O)N1C(C(=O)O)CSC1c1ccc(Br)cc1. The Labute approximate surface area is 142 Å². The fourth-order valence-corrected chi connectivity index (χ4v) is 3.79. The molecular weight excluding hydrogens is 370 g/mol. The smallest absolute Gasteiger partial charge is 0.412 e. The molecule has 1 aromatic carbocycles. The van der Waals surface area contributed by atoms with E-state index in [2.05, 4.69) is 15.9 Å². The minimum Gasteiger partial charge on any atom is -0.480 e. The standard InChI is InChI=1S/C15H18BrNO4S/c1-15(2,3)21-14(20)17-11(13(18)19)8-22-12(17)9-4-6-10(16)7-5-9/h4-7,11-12H,8H2,1-3H3,(H,18,19). The van der Waals surface area contributed by atoms with Crippen LogP contribution in [0.2, 0.25) is 0 Å². The monoisotopic (exact) mass is 387 g/mol. The number of carbonyl (C=O) groups excluding carboxylic acids is 1. The first-order valence-corrected chi connectivity index (χ1v) is 8.64. The first kappa shape index (κ1) is 17.1.